The summed E-state index contributed by atoms with van der Waals surface area (Å²) in [6, 6.07) is 10.1. The van der Waals surface area contributed by atoms with Gasteiger partial charge in [0.1, 0.15) is 0 Å². The second-order valence-corrected chi connectivity index (χ2v) is 7.82. The number of anilines is 1. The summed E-state index contributed by atoms with van der Waals surface area (Å²) in [6.45, 7) is 0.200. The first-order valence-corrected chi connectivity index (χ1v) is 10.3. The zero-order valence-electron chi connectivity index (χ0n) is 15.0. The lowest BCUT2D eigenvalue weighted by Gasteiger charge is -2.12. The van der Waals surface area contributed by atoms with Crippen LogP contribution in [0.2, 0.25) is 20.1 Å². The fourth-order valence-corrected chi connectivity index (χ4v) is 3.10. The number of nitrogens with one attached hydrogen (secondary N) is 3. The van der Waals surface area contributed by atoms with Crippen molar-refractivity contribution >= 4 is 75.3 Å². The van der Waals surface area contributed by atoms with E-state index in [1.54, 1.807) is 36.4 Å². The third-order valence-corrected chi connectivity index (χ3v) is 5.44. The number of halogens is 4. The van der Waals surface area contributed by atoms with Gasteiger partial charge in [-0.05, 0) is 47.8 Å². The predicted octanol–water partition coefficient (Wildman–Crippen LogP) is 4.36. The highest BCUT2D eigenvalue weighted by Gasteiger charge is 2.13. The normalized spacial score (nSPS) is 10.5. The Morgan fingerprint density at radius 2 is 1.83 bits per heavy atom. The fourth-order valence-electron chi connectivity index (χ4n) is 2.25. The SMILES string of the molecule is O=C(CCn1nnc(-c2cccc(Cl)c2Cl)n1)NNC(=S)Nc1ccc(Cl)c(Cl)c1. The van der Waals surface area contributed by atoms with Gasteiger partial charge in [-0.25, -0.2) is 0 Å². The number of hydrazine groups is 1. The van der Waals surface area contributed by atoms with Crippen molar-refractivity contribution in [2.75, 3.05) is 5.32 Å². The number of hydrogen-bond acceptors (Lipinski definition) is 5. The summed E-state index contributed by atoms with van der Waals surface area (Å²) in [5, 5.41) is 16.7. The van der Waals surface area contributed by atoms with Crippen LogP contribution in [0.1, 0.15) is 6.42 Å². The molecule has 2 aromatic carbocycles. The lowest BCUT2D eigenvalue weighted by Crippen LogP contribution is -2.44. The van der Waals surface area contributed by atoms with E-state index in [-0.39, 0.29) is 24.0 Å². The summed E-state index contributed by atoms with van der Waals surface area (Å²) >= 11 is 29.1. The van der Waals surface area contributed by atoms with Gasteiger partial charge in [0, 0.05) is 17.7 Å². The van der Waals surface area contributed by atoms with Gasteiger partial charge in [0.25, 0.3) is 0 Å². The van der Waals surface area contributed by atoms with Crippen molar-refractivity contribution in [3.05, 3.63) is 56.5 Å². The van der Waals surface area contributed by atoms with E-state index in [9.17, 15) is 4.79 Å². The molecule has 13 heteroatoms. The molecule has 0 aliphatic rings. The van der Waals surface area contributed by atoms with Gasteiger partial charge in [-0.3, -0.25) is 15.6 Å². The van der Waals surface area contributed by atoms with Crippen molar-refractivity contribution in [1.29, 1.82) is 0 Å². The number of aryl methyl sites for hydroxylation is 1. The largest absolute Gasteiger partial charge is 0.331 e. The second kappa shape index (κ2) is 10.2. The number of thiocarbonyl (C=S) groups is 1. The highest BCUT2D eigenvalue weighted by molar-refractivity contribution is 7.80. The summed E-state index contributed by atoms with van der Waals surface area (Å²) in [5.74, 6) is -0.0130. The standard InChI is InChI=1S/C17H13Cl4N7OS/c18-11-5-4-9(8-13(11)20)22-17(30)25-23-14(29)6-7-28-26-16(24-27-28)10-2-1-3-12(19)15(10)21/h1-5,8H,6-7H2,(H,23,29)(H2,22,25,30). The van der Waals surface area contributed by atoms with E-state index >= 15 is 0 Å². The summed E-state index contributed by atoms with van der Waals surface area (Å²) in [7, 11) is 0. The van der Waals surface area contributed by atoms with E-state index in [1.807, 2.05) is 0 Å². The number of rotatable bonds is 5. The molecule has 8 nitrogen and oxygen atoms in total. The second-order valence-electron chi connectivity index (χ2n) is 5.82. The Morgan fingerprint density at radius 3 is 2.60 bits per heavy atom. The first kappa shape index (κ1) is 22.5. The van der Waals surface area contributed by atoms with Crippen LogP contribution in [0.3, 0.4) is 0 Å². The van der Waals surface area contributed by atoms with Gasteiger partial charge in [-0.15, -0.1) is 10.2 Å². The lowest BCUT2D eigenvalue weighted by molar-refractivity contribution is -0.121. The molecule has 1 aromatic heterocycles. The zero-order chi connectivity index (χ0) is 21.7. The molecule has 0 unspecified atom stereocenters. The Balaban J connectivity index is 1.47. The number of hydrogen-bond donors (Lipinski definition) is 3. The van der Waals surface area contributed by atoms with Crippen LogP contribution in [-0.4, -0.2) is 31.2 Å². The van der Waals surface area contributed by atoms with Crippen molar-refractivity contribution in [1.82, 2.24) is 31.1 Å². The summed E-state index contributed by atoms with van der Waals surface area (Å²) < 4.78 is 0. The van der Waals surface area contributed by atoms with Crippen LogP contribution in [0.25, 0.3) is 11.4 Å². The molecule has 3 rings (SSSR count). The van der Waals surface area contributed by atoms with Gasteiger partial charge in [0.15, 0.2) is 5.11 Å². The van der Waals surface area contributed by atoms with Gasteiger partial charge in [0.2, 0.25) is 11.7 Å². The Morgan fingerprint density at radius 1 is 1.03 bits per heavy atom. The molecule has 0 saturated heterocycles. The highest BCUT2D eigenvalue weighted by Crippen LogP contribution is 2.31. The number of carbonyl (C=O) groups is 1. The van der Waals surface area contributed by atoms with Crippen LogP contribution >= 0.6 is 58.6 Å². The molecule has 30 heavy (non-hydrogen) atoms. The van der Waals surface area contributed by atoms with Gasteiger partial charge in [-0.1, -0.05) is 52.5 Å². The van der Waals surface area contributed by atoms with Crippen LogP contribution < -0.4 is 16.2 Å². The van der Waals surface area contributed by atoms with Crippen LogP contribution in [0.15, 0.2) is 36.4 Å². The van der Waals surface area contributed by atoms with E-state index in [2.05, 4.69) is 31.6 Å². The van der Waals surface area contributed by atoms with Gasteiger partial charge >= 0.3 is 0 Å². The van der Waals surface area contributed by atoms with E-state index in [4.69, 9.17) is 58.6 Å². The fraction of sp³-hybridized carbons (Fsp3) is 0.118. The van der Waals surface area contributed by atoms with Crippen LogP contribution in [-0.2, 0) is 11.3 Å². The quantitative estimate of drug-likeness (QED) is 0.350. The molecule has 3 aromatic rings. The van der Waals surface area contributed by atoms with Crippen molar-refractivity contribution < 1.29 is 4.79 Å². The molecule has 0 aliphatic heterocycles. The first-order valence-electron chi connectivity index (χ1n) is 8.36. The maximum Gasteiger partial charge on any atom is 0.240 e. The molecule has 1 amide bonds. The third-order valence-electron chi connectivity index (χ3n) is 3.68. The topological polar surface area (TPSA) is 96.8 Å². The molecule has 0 radical (unpaired) electrons. The Bertz CT molecular complexity index is 1090. The molecule has 0 fully saturated rings. The first-order chi connectivity index (χ1) is 14.3. The van der Waals surface area contributed by atoms with Gasteiger partial charge in [-0.2, -0.15) is 4.80 Å². The molecule has 0 spiro atoms. The van der Waals surface area contributed by atoms with E-state index in [1.165, 1.54) is 4.80 Å². The van der Waals surface area contributed by atoms with Crippen molar-refractivity contribution in [2.45, 2.75) is 13.0 Å². The maximum atomic E-state index is 12.0. The molecule has 3 N–H and O–H groups in total. The number of aromatic nitrogens is 4. The minimum Gasteiger partial charge on any atom is -0.331 e. The Labute approximate surface area is 196 Å². The molecule has 0 atom stereocenters. The van der Waals surface area contributed by atoms with Crippen LogP contribution in [0.5, 0.6) is 0 Å². The monoisotopic (exact) mass is 503 g/mol. The zero-order valence-corrected chi connectivity index (χ0v) is 18.8. The van der Waals surface area contributed by atoms with Crippen LogP contribution in [0, 0.1) is 0 Å². The average molecular weight is 505 g/mol. The number of carbonyl (C=O) groups excluding carboxylic acids is 1. The molecule has 1 heterocycles. The van der Waals surface area contributed by atoms with Gasteiger partial charge < -0.3 is 5.32 Å². The molecule has 0 bridgehead atoms. The smallest absolute Gasteiger partial charge is 0.240 e. The number of amides is 1. The number of nitrogens with zero attached hydrogens (tertiary/aromatic N) is 4. The number of benzene rings is 2. The van der Waals surface area contributed by atoms with Crippen molar-refractivity contribution in [3.8, 4) is 11.4 Å². The lowest BCUT2D eigenvalue weighted by atomic mass is 10.2. The van der Waals surface area contributed by atoms with E-state index in [0.717, 1.165) is 0 Å². The third kappa shape index (κ3) is 5.93. The molecule has 0 saturated carbocycles. The maximum absolute atomic E-state index is 12.0. The Kier molecular flexibility index (Phi) is 7.68. The predicted molar refractivity (Wildman–Crippen MR) is 122 cm³/mol. The highest BCUT2D eigenvalue weighted by atomic mass is 35.5. The van der Waals surface area contributed by atoms with E-state index in [0.29, 0.717) is 37.2 Å². The van der Waals surface area contributed by atoms with E-state index < -0.39 is 0 Å². The average Bonchev–Trinajstić information content (AvgIpc) is 3.18. The molecular weight excluding hydrogens is 492 g/mol. The Hall–Kier alpha value is -2.17. The molecule has 156 valence electrons. The minimum atomic E-state index is -0.326. The van der Waals surface area contributed by atoms with Crippen molar-refractivity contribution in [2.24, 2.45) is 0 Å². The molecule has 0 aliphatic carbocycles. The number of tetrazole rings is 1. The van der Waals surface area contributed by atoms with Gasteiger partial charge in [0.05, 0.1) is 26.6 Å². The summed E-state index contributed by atoms with van der Waals surface area (Å²) in [6.07, 6.45) is 0.0848. The van der Waals surface area contributed by atoms with Crippen molar-refractivity contribution in [3.63, 3.8) is 0 Å². The minimum absolute atomic E-state index is 0.0848. The van der Waals surface area contributed by atoms with Crippen LogP contribution in [0.4, 0.5) is 5.69 Å². The molecular formula is C17H13Cl4N7OS. The summed E-state index contributed by atoms with van der Waals surface area (Å²) in [5.41, 5.74) is 6.24. The summed E-state index contributed by atoms with van der Waals surface area (Å²) in [4.78, 5) is 13.3.